The Morgan fingerprint density at radius 1 is 0.635 bits per heavy atom. The van der Waals surface area contributed by atoms with Crippen molar-refractivity contribution in [3.05, 3.63) is 14.5 Å². The first-order chi connectivity index (χ1) is 29.8. The summed E-state index contributed by atoms with van der Waals surface area (Å²) in [6.45, 7) is 3.50. The molecule has 0 spiro atoms. The zero-order valence-corrected chi connectivity index (χ0v) is 39.3. The third kappa shape index (κ3) is 31.5. The van der Waals surface area contributed by atoms with E-state index in [4.69, 9.17) is 9.47 Å². The Hall–Kier alpha value is -5.03. The van der Waals surface area contributed by atoms with Crippen LogP contribution in [0.2, 0.25) is 0 Å². The summed E-state index contributed by atoms with van der Waals surface area (Å²) in [5.41, 5.74) is 0. The van der Waals surface area contributed by atoms with Crippen LogP contribution in [0.3, 0.4) is 0 Å². The van der Waals surface area contributed by atoms with Gasteiger partial charge >= 0.3 is 0 Å². The van der Waals surface area contributed by atoms with Gasteiger partial charge < -0.3 is 53.1 Å². The second-order valence-electron chi connectivity index (χ2n) is 13.2. The summed E-state index contributed by atoms with van der Waals surface area (Å²) < 4.78 is 11.3. The van der Waals surface area contributed by atoms with Crippen LogP contribution >= 0.6 is 0 Å². The number of carbonyl (C=O) groups excluding carboxylic acids is 1. The summed E-state index contributed by atoms with van der Waals surface area (Å²) in [5, 5.41) is 58.1. The van der Waals surface area contributed by atoms with Gasteiger partial charge in [-0.25, -0.2) is 0 Å². The molecule has 0 aliphatic carbocycles. The van der Waals surface area contributed by atoms with Gasteiger partial charge in [-0.3, -0.25) is 11.8 Å². The number of carbonyl (C=O) groups is 1. The Labute approximate surface area is 438 Å². The van der Waals surface area contributed by atoms with Crippen LogP contribution in [0.5, 0.6) is 0 Å². The van der Waals surface area contributed by atoms with Crippen molar-refractivity contribution in [2.75, 3.05) is 13.2 Å². The predicted molar refractivity (Wildman–Crippen MR) is 292 cm³/mol. The van der Waals surface area contributed by atoms with E-state index < -0.39 is 61.5 Å². The summed E-state index contributed by atoms with van der Waals surface area (Å²) in [4.78, 5) is 12.7. The molecule has 1 aliphatic heterocycles. The molecule has 1 rings (SSSR count). The van der Waals surface area contributed by atoms with E-state index in [1.54, 1.807) is 6.92 Å². The monoisotopic (exact) mass is 974 g/mol. The van der Waals surface area contributed by atoms with E-state index in [0.29, 0.717) is 6.42 Å². The molecule has 11 heteroatoms. The van der Waals surface area contributed by atoms with Crippen LogP contribution in [0.4, 0.5) is 0 Å². The van der Waals surface area contributed by atoms with Crippen molar-refractivity contribution in [1.82, 2.24) is 10.6 Å². The Bertz CT molecular complexity index is 2240. The average Bonchev–Trinajstić information content (AvgIpc) is 3.25. The third-order valence-corrected chi connectivity index (χ3v) is 8.54. The molecule has 375 valence electrons. The van der Waals surface area contributed by atoms with E-state index in [-0.39, 0.29) is 87.3 Å². The van der Waals surface area contributed by atoms with Crippen molar-refractivity contribution in [2.24, 2.45) is 0 Å². The van der Waals surface area contributed by atoms with Crippen LogP contribution < -0.4 is 10.6 Å². The molecule has 1 fully saturated rings. The van der Waals surface area contributed by atoms with Gasteiger partial charge in [0, 0.05) is 108 Å². The first kappa shape index (κ1) is 60.1. The van der Waals surface area contributed by atoms with Crippen LogP contribution in [0.15, 0.2) is 0 Å². The van der Waals surface area contributed by atoms with Gasteiger partial charge in [0.05, 0.1) is 24.9 Å². The minimum atomic E-state index is -1.64. The van der Waals surface area contributed by atoms with Crippen LogP contribution in [0, 0.1) is 157 Å². The SMILES string of the molecule is [CH2-]NCC1OC(OC[C@H](NC(=O)C#CC#CC#CC#CC#CC#CC#CC#CC#CC#CC#CC#CC)[C@H](O)[C@@H](O)CCCCCCCCCCCCCC)C(O)C(O)C1O.[CH3-].[HH].[HH].[HH].[HH].[HH].[HH].[HH].[HH].[HH].[HH].[HH].[HH].[HH].[HH].[HH].[HH].[HH].[HH].[HH].[HH].[HH].[HH].[HH].[HH].[Y]. The molecule has 0 saturated carbocycles. The molecule has 1 heterocycles. The van der Waals surface area contributed by atoms with Crippen molar-refractivity contribution in [2.45, 2.75) is 146 Å². The number of unbranched alkanes of at least 4 members (excludes halogenated alkanes) is 11. The van der Waals surface area contributed by atoms with Crippen molar-refractivity contribution in [3.63, 3.8) is 0 Å². The van der Waals surface area contributed by atoms with E-state index in [1.165, 1.54) is 51.4 Å². The number of amides is 1. The molecule has 63 heavy (non-hydrogen) atoms. The number of aliphatic hydroxyl groups is 5. The van der Waals surface area contributed by atoms with Crippen LogP contribution in [0.1, 0.15) is 132 Å². The molecule has 7 N–H and O–H groups in total. The zero-order chi connectivity index (χ0) is 44.6. The minimum absolute atomic E-state index is 0. The molecule has 0 aromatic heterocycles. The summed E-state index contributed by atoms with van der Waals surface area (Å²) in [5.74, 6) is 58.6. The van der Waals surface area contributed by atoms with Gasteiger partial charge in [-0.1, -0.05) is 89.9 Å². The fourth-order valence-electron chi connectivity index (χ4n) is 5.40. The molecule has 1 amide bonds. The molecule has 1 aliphatic rings. The molecule has 0 aromatic carbocycles. The van der Waals surface area contributed by atoms with Gasteiger partial charge in [0.1, 0.15) is 24.4 Å². The van der Waals surface area contributed by atoms with E-state index in [1.807, 2.05) is 0 Å². The van der Waals surface area contributed by atoms with Gasteiger partial charge in [0.15, 0.2) is 6.29 Å². The topological polar surface area (TPSA) is 161 Å². The molecule has 1 radical (unpaired) electrons. The van der Waals surface area contributed by atoms with Gasteiger partial charge in [-0.15, -0.1) is 0 Å². The molecule has 8 atom stereocenters. The minimum Gasteiger partial charge on any atom is -0.470 e. The molecule has 5 unspecified atom stereocenters. The average molecular weight is 974 g/mol. The number of nitrogens with one attached hydrogen (secondary N) is 2. The summed E-state index contributed by atoms with van der Waals surface area (Å²) in [6.07, 6.45) is 4.32. The maximum absolute atomic E-state index is 12.7. The van der Waals surface area contributed by atoms with Gasteiger partial charge in [-0.05, 0) is 115 Å². The molecule has 1 saturated heterocycles. The molecule has 10 nitrogen and oxygen atoms in total. The van der Waals surface area contributed by atoms with Crippen molar-refractivity contribution >= 4 is 5.91 Å². The second kappa shape index (κ2) is 42.3. The van der Waals surface area contributed by atoms with E-state index >= 15 is 0 Å². The zero-order valence-electron chi connectivity index (χ0n) is 36.5. The Morgan fingerprint density at radius 3 is 1.44 bits per heavy atom. The third-order valence-electron chi connectivity index (χ3n) is 8.54. The fourth-order valence-corrected chi connectivity index (χ4v) is 5.40. The second-order valence-corrected chi connectivity index (χ2v) is 13.2. The quantitative estimate of drug-likeness (QED) is 0.0345. The first-order valence-corrected chi connectivity index (χ1v) is 20.2. The summed E-state index contributed by atoms with van der Waals surface area (Å²) in [7, 11) is 3.49. The Balaban J connectivity index is -0.0000000596. The molecule has 0 aromatic rings. The normalized spacial score (nSPS) is 17.1. The summed E-state index contributed by atoms with van der Waals surface area (Å²) in [6, 6.07) is -1.20. The van der Waals surface area contributed by atoms with Crippen molar-refractivity contribution < 1.29 is 107 Å². The van der Waals surface area contributed by atoms with Gasteiger partial charge in [-0.2, -0.15) is 0 Å². The number of hydrogen-bond acceptors (Lipinski definition) is 9. The van der Waals surface area contributed by atoms with E-state index in [9.17, 15) is 30.3 Å². The van der Waals surface area contributed by atoms with Crippen molar-refractivity contribution in [1.29, 1.82) is 0 Å². The maximum atomic E-state index is 12.7. The van der Waals surface area contributed by atoms with Crippen LogP contribution in [0.25, 0.3) is 0 Å². The smallest absolute Gasteiger partial charge is 0.297 e. The Morgan fingerprint density at radius 2 is 1.03 bits per heavy atom. The molecular formula is C52H104N2O8Y-2. The van der Waals surface area contributed by atoms with Crippen molar-refractivity contribution in [3.8, 4) is 142 Å². The number of rotatable bonds is 21. The standard InChI is InChI=1S/C51H53N2O8.CH3.Y.24H2/c1-4-6-8-10-12-14-16-18-19-20-21-22-23-24-25-26-27-28-30-32-34-36-38-40-46(55)53-43(42-60-51-50(59)49(58)48(57)45(61-51)41-52-3)47(56)44(54)39-37-35-33-31-29-17-15-13-11-9-7-5-2;;;;;;;;;;;;;;;;;;;;;;;;;;/h43-45,47-52,54,56-59H,3,5,7,9,11,13,15,17,29,31,33,35,37,39,41-42H2,1-2H3,(H,53,55);1H3;;24*1H/q2*-1;;;;;;;;;;;;;;;;;;;;;;;;;/t43-,44-,45?,47-,48?,49?,50?,51?;;;;;;;;;;;;;;;;;;;;;;;;;;/m0........................../s1. The first-order valence-electron chi connectivity index (χ1n) is 20.2. The summed E-state index contributed by atoms with van der Waals surface area (Å²) >= 11 is 0. The number of aliphatic hydroxyl groups excluding tert-OH is 5. The van der Waals surface area contributed by atoms with Crippen LogP contribution in [-0.4, -0.2) is 93.5 Å². The molecular weight excluding hydrogens is 869 g/mol. The van der Waals surface area contributed by atoms with E-state index in [2.05, 4.69) is 167 Å². The largest absolute Gasteiger partial charge is 0.470 e. The molecule has 0 bridgehead atoms. The Kier molecular flexibility index (Phi) is 40.3. The van der Waals surface area contributed by atoms with Gasteiger partial charge in [0.2, 0.25) is 0 Å². The predicted octanol–water partition coefficient (Wildman–Crippen LogP) is 7.90. The maximum Gasteiger partial charge on any atom is 0.297 e. The fraction of sp³-hybridized carbons (Fsp3) is 0.481. The van der Waals surface area contributed by atoms with Crippen LogP contribution in [-0.2, 0) is 47.0 Å². The number of ether oxygens (including phenoxy) is 2. The van der Waals surface area contributed by atoms with Gasteiger partial charge in [0.25, 0.3) is 5.91 Å². The van der Waals surface area contributed by atoms with E-state index in [0.717, 1.165) is 19.3 Å². The number of hydrogen-bond donors (Lipinski definition) is 7.